The Morgan fingerprint density at radius 3 is 2.85 bits per heavy atom. The summed E-state index contributed by atoms with van der Waals surface area (Å²) < 4.78 is 13.6. The first-order chi connectivity index (χ1) is 9.70. The molecule has 2 rings (SSSR count). The Labute approximate surface area is 128 Å². The highest BCUT2D eigenvalue weighted by molar-refractivity contribution is 7.07. The van der Waals surface area contributed by atoms with Crippen LogP contribution in [0.5, 0.6) is 0 Å². The van der Waals surface area contributed by atoms with Crippen molar-refractivity contribution in [2.45, 2.75) is 32.2 Å². The summed E-state index contributed by atoms with van der Waals surface area (Å²) in [5.74, 6) is -0.344. The van der Waals surface area contributed by atoms with Crippen LogP contribution in [0.4, 0.5) is 4.39 Å². The van der Waals surface area contributed by atoms with E-state index in [0.29, 0.717) is 0 Å². The fraction of sp³-hybridized carbons (Fsp3) is 0.375. The Bertz CT molecular complexity index is 527. The van der Waals surface area contributed by atoms with E-state index in [2.05, 4.69) is 29.1 Å². The van der Waals surface area contributed by atoms with Gasteiger partial charge in [0.25, 0.3) is 0 Å². The van der Waals surface area contributed by atoms with Gasteiger partial charge in [0.15, 0.2) is 0 Å². The van der Waals surface area contributed by atoms with E-state index in [-0.39, 0.29) is 16.9 Å². The van der Waals surface area contributed by atoms with Crippen molar-refractivity contribution < 1.29 is 4.39 Å². The van der Waals surface area contributed by atoms with E-state index in [1.807, 2.05) is 6.07 Å². The van der Waals surface area contributed by atoms with Crippen molar-refractivity contribution in [3.63, 3.8) is 0 Å². The van der Waals surface area contributed by atoms with Crippen LogP contribution in [0.3, 0.4) is 0 Å². The number of hydrogen-bond donors (Lipinski definition) is 1. The predicted octanol–water partition coefficient (Wildman–Crippen LogP) is 5.21. The Kier molecular flexibility index (Phi) is 6.02. The second kappa shape index (κ2) is 7.77. The maximum absolute atomic E-state index is 13.6. The quantitative estimate of drug-likeness (QED) is 0.739. The number of hydrogen-bond acceptors (Lipinski definition) is 2. The minimum Gasteiger partial charge on any atom is -0.310 e. The molecule has 0 saturated carbocycles. The molecule has 0 aliphatic heterocycles. The molecule has 2 aromatic rings. The summed E-state index contributed by atoms with van der Waals surface area (Å²) in [7, 11) is 0. The van der Waals surface area contributed by atoms with Crippen LogP contribution < -0.4 is 5.32 Å². The van der Waals surface area contributed by atoms with Gasteiger partial charge >= 0.3 is 0 Å². The summed E-state index contributed by atoms with van der Waals surface area (Å²) in [6.45, 7) is 3.06. The van der Waals surface area contributed by atoms with Gasteiger partial charge in [0.2, 0.25) is 0 Å². The first kappa shape index (κ1) is 15.5. The Morgan fingerprint density at radius 2 is 2.20 bits per heavy atom. The van der Waals surface area contributed by atoms with Crippen LogP contribution in [-0.2, 0) is 6.42 Å². The van der Waals surface area contributed by atoms with Gasteiger partial charge in [-0.1, -0.05) is 24.6 Å². The Morgan fingerprint density at radius 1 is 1.35 bits per heavy atom. The molecule has 4 heteroatoms. The average Bonchev–Trinajstić information content (AvgIpc) is 2.95. The topological polar surface area (TPSA) is 12.0 Å². The molecule has 1 N–H and O–H groups in total. The normalized spacial score (nSPS) is 12.6. The molecule has 0 spiro atoms. The highest BCUT2D eigenvalue weighted by atomic mass is 35.5. The van der Waals surface area contributed by atoms with Crippen molar-refractivity contribution in [2.24, 2.45) is 0 Å². The largest absolute Gasteiger partial charge is 0.310 e. The van der Waals surface area contributed by atoms with Crippen molar-refractivity contribution in [1.82, 2.24) is 5.32 Å². The molecule has 0 aliphatic rings. The molecule has 108 valence electrons. The van der Waals surface area contributed by atoms with Crippen molar-refractivity contribution in [2.75, 3.05) is 6.54 Å². The minimum atomic E-state index is -0.344. The molecule has 1 aromatic carbocycles. The zero-order chi connectivity index (χ0) is 14.4. The van der Waals surface area contributed by atoms with Gasteiger partial charge in [0.05, 0.1) is 5.02 Å². The van der Waals surface area contributed by atoms with Crippen molar-refractivity contribution in [3.05, 3.63) is 57.0 Å². The summed E-state index contributed by atoms with van der Waals surface area (Å²) in [5, 5.41) is 7.92. The van der Waals surface area contributed by atoms with E-state index in [1.165, 1.54) is 5.56 Å². The molecular weight excluding hydrogens is 293 g/mol. The van der Waals surface area contributed by atoms with E-state index in [4.69, 9.17) is 11.6 Å². The van der Waals surface area contributed by atoms with Gasteiger partial charge in [-0.05, 0) is 65.9 Å². The zero-order valence-corrected chi connectivity index (χ0v) is 13.1. The van der Waals surface area contributed by atoms with Crippen LogP contribution >= 0.6 is 22.9 Å². The van der Waals surface area contributed by atoms with Crippen LogP contribution in [0.15, 0.2) is 35.0 Å². The standard InChI is InChI=1S/C16H19ClFNS/c1-2-8-19-16(6-3-12-7-9-20-11-12)13-4-5-14(17)15(18)10-13/h4-5,7,9-11,16,19H,2-3,6,8H2,1H3. The molecule has 1 aromatic heterocycles. The van der Waals surface area contributed by atoms with Crippen molar-refractivity contribution >= 4 is 22.9 Å². The van der Waals surface area contributed by atoms with Crippen LogP contribution in [-0.4, -0.2) is 6.54 Å². The number of thiophene rings is 1. The fourth-order valence-electron chi connectivity index (χ4n) is 2.18. The lowest BCUT2D eigenvalue weighted by Gasteiger charge is -2.19. The molecule has 0 saturated heterocycles. The lowest BCUT2D eigenvalue weighted by molar-refractivity contribution is 0.496. The van der Waals surface area contributed by atoms with Crippen molar-refractivity contribution in [1.29, 1.82) is 0 Å². The molecular formula is C16H19ClFNS. The molecule has 0 radical (unpaired) electrons. The summed E-state index contributed by atoms with van der Waals surface area (Å²) in [6, 6.07) is 7.40. The molecule has 0 amide bonds. The van der Waals surface area contributed by atoms with Gasteiger partial charge in [-0.2, -0.15) is 11.3 Å². The Hall–Kier alpha value is -0.900. The van der Waals surface area contributed by atoms with Crippen LogP contribution in [0, 0.1) is 5.82 Å². The van der Waals surface area contributed by atoms with Crippen molar-refractivity contribution in [3.8, 4) is 0 Å². The second-order valence-corrected chi connectivity index (χ2v) is 6.04. The van der Waals surface area contributed by atoms with E-state index >= 15 is 0 Å². The van der Waals surface area contributed by atoms with Gasteiger partial charge in [-0.3, -0.25) is 0 Å². The maximum atomic E-state index is 13.6. The second-order valence-electron chi connectivity index (χ2n) is 4.85. The highest BCUT2D eigenvalue weighted by Crippen LogP contribution is 2.24. The predicted molar refractivity (Wildman–Crippen MR) is 85.1 cm³/mol. The van der Waals surface area contributed by atoms with Crippen LogP contribution in [0.1, 0.15) is 36.9 Å². The molecule has 1 atom stereocenters. The molecule has 1 nitrogen and oxygen atoms in total. The van der Waals surface area contributed by atoms with E-state index in [0.717, 1.165) is 31.4 Å². The average molecular weight is 312 g/mol. The maximum Gasteiger partial charge on any atom is 0.142 e. The fourth-order valence-corrected chi connectivity index (χ4v) is 3.00. The van der Waals surface area contributed by atoms with Crippen LogP contribution in [0.2, 0.25) is 5.02 Å². The number of nitrogens with one attached hydrogen (secondary N) is 1. The molecule has 0 bridgehead atoms. The zero-order valence-electron chi connectivity index (χ0n) is 11.5. The number of halogens is 2. The minimum absolute atomic E-state index is 0.168. The van der Waals surface area contributed by atoms with Gasteiger partial charge < -0.3 is 5.32 Å². The number of aryl methyl sites for hydroxylation is 1. The summed E-state index contributed by atoms with van der Waals surface area (Å²) in [5.41, 5.74) is 2.31. The van der Waals surface area contributed by atoms with Gasteiger partial charge in [0, 0.05) is 6.04 Å². The smallest absolute Gasteiger partial charge is 0.142 e. The third-order valence-electron chi connectivity index (χ3n) is 3.29. The van der Waals surface area contributed by atoms with Gasteiger partial charge in [-0.25, -0.2) is 4.39 Å². The summed E-state index contributed by atoms with van der Waals surface area (Å²) >= 11 is 7.47. The lowest BCUT2D eigenvalue weighted by Crippen LogP contribution is -2.22. The van der Waals surface area contributed by atoms with Gasteiger partial charge in [0.1, 0.15) is 5.82 Å². The third-order valence-corrected chi connectivity index (χ3v) is 4.33. The summed E-state index contributed by atoms with van der Waals surface area (Å²) in [6.07, 6.45) is 3.01. The Balaban J connectivity index is 2.07. The lowest BCUT2D eigenvalue weighted by atomic mass is 10.00. The van der Waals surface area contributed by atoms with E-state index in [1.54, 1.807) is 23.5 Å². The van der Waals surface area contributed by atoms with E-state index in [9.17, 15) is 4.39 Å². The molecule has 0 fully saturated rings. The van der Waals surface area contributed by atoms with Crippen LogP contribution in [0.25, 0.3) is 0 Å². The highest BCUT2D eigenvalue weighted by Gasteiger charge is 2.13. The third kappa shape index (κ3) is 4.30. The molecule has 0 aliphatic carbocycles. The number of benzene rings is 1. The monoisotopic (exact) mass is 311 g/mol. The summed E-state index contributed by atoms with van der Waals surface area (Å²) in [4.78, 5) is 0. The van der Waals surface area contributed by atoms with E-state index < -0.39 is 0 Å². The van der Waals surface area contributed by atoms with Gasteiger partial charge in [-0.15, -0.1) is 0 Å². The number of rotatable bonds is 7. The molecule has 1 heterocycles. The SMILES string of the molecule is CCCNC(CCc1ccsc1)c1ccc(Cl)c(F)c1. The molecule has 1 unspecified atom stereocenters. The first-order valence-corrected chi connectivity index (χ1v) is 8.22. The molecule has 20 heavy (non-hydrogen) atoms. The first-order valence-electron chi connectivity index (χ1n) is 6.90.